The first-order valence-corrected chi connectivity index (χ1v) is 9.88. The summed E-state index contributed by atoms with van der Waals surface area (Å²) in [4.78, 5) is 24.3. The number of carbonyl (C=O) groups excluding carboxylic acids is 2. The zero-order valence-electron chi connectivity index (χ0n) is 13.8. The van der Waals surface area contributed by atoms with Crippen molar-refractivity contribution in [3.05, 3.63) is 46.7 Å². The molecule has 1 heterocycles. The van der Waals surface area contributed by atoms with Crippen LogP contribution in [0.25, 0.3) is 0 Å². The van der Waals surface area contributed by atoms with Crippen LogP contribution in [0, 0.1) is 0 Å². The number of carbonyl (C=O) groups is 2. The summed E-state index contributed by atoms with van der Waals surface area (Å²) in [7, 11) is -3.57. The van der Waals surface area contributed by atoms with Gasteiger partial charge in [-0.25, -0.2) is 13.1 Å². The van der Waals surface area contributed by atoms with Crippen LogP contribution in [0.2, 0.25) is 0 Å². The predicted molar refractivity (Wildman–Crippen MR) is 97.2 cm³/mol. The lowest BCUT2D eigenvalue weighted by atomic mass is 10.3. The molecule has 0 radical (unpaired) electrons. The van der Waals surface area contributed by atoms with Gasteiger partial charge in [0.2, 0.25) is 15.9 Å². The molecule has 2 rings (SSSR count). The van der Waals surface area contributed by atoms with Gasteiger partial charge in [-0.2, -0.15) is 0 Å². The van der Waals surface area contributed by atoms with Gasteiger partial charge in [0.25, 0.3) is 5.91 Å². The van der Waals surface area contributed by atoms with Crippen LogP contribution in [0.4, 0.5) is 5.69 Å². The van der Waals surface area contributed by atoms with E-state index in [1.807, 2.05) is 0 Å². The van der Waals surface area contributed by atoms with Gasteiger partial charge in [-0.3, -0.25) is 9.59 Å². The second-order valence-corrected chi connectivity index (χ2v) is 8.17. The van der Waals surface area contributed by atoms with Crippen molar-refractivity contribution < 1.29 is 18.0 Å². The summed E-state index contributed by atoms with van der Waals surface area (Å²) in [5.41, 5.74) is 0.443. The zero-order chi connectivity index (χ0) is 18.4. The van der Waals surface area contributed by atoms with Crippen molar-refractivity contribution in [2.24, 2.45) is 0 Å². The lowest BCUT2D eigenvalue weighted by molar-refractivity contribution is -0.115. The summed E-state index contributed by atoms with van der Waals surface area (Å²) >= 11 is 1.29. The summed E-state index contributed by atoms with van der Waals surface area (Å²) in [6, 6.07) is 9.01. The summed E-state index contributed by atoms with van der Waals surface area (Å²) < 4.78 is 26.5. The summed E-state index contributed by atoms with van der Waals surface area (Å²) in [5, 5.41) is 6.89. The third-order valence-electron chi connectivity index (χ3n) is 2.99. The molecule has 0 unspecified atom stereocenters. The highest BCUT2D eigenvalue weighted by Crippen LogP contribution is 2.14. The van der Waals surface area contributed by atoms with Gasteiger partial charge in [0.05, 0.1) is 16.3 Å². The molecule has 0 saturated heterocycles. The summed E-state index contributed by atoms with van der Waals surface area (Å²) in [6.45, 7) is 3.29. The Morgan fingerprint density at radius 2 is 1.80 bits per heavy atom. The van der Waals surface area contributed by atoms with Gasteiger partial charge in [-0.1, -0.05) is 6.07 Å². The van der Waals surface area contributed by atoms with Gasteiger partial charge in [-0.15, -0.1) is 11.3 Å². The third-order valence-corrected chi connectivity index (χ3v) is 5.54. The fraction of sp³-hybridized carbons (Fsp3) is 0.250. The van der Waals surface area contributed by atoms with Crippen LogP contribution in [0.3, 0.4) is 0 Å². The molecule has 9 heteroatoms. The normalized spacial score (nSPS) is 11.3. The van der Waals surface area contributed by atoms with Crippen LogP contribution in [0.1, 0.15) is 23.5 Å². The van der Waals surface area contributed by atoms with E-state index < -0.39 is 15.9 Å². The maximum atomic E-state index is 12.0. The van der Waals surface area contributed by atoms with Crippen molar-refractivity contribution in [1.82, 2.24) is 10.0 Å². The molecule has 2 amide bonds. The monoisotopic (exact) mass is 381 g/mol. The topological polar surface area (TPSA) is 104 Å². The molecular weight excluding hydrogens is 362 g/mol. The molecule has 0 aliphatic carbocycles. The van der Waals surface area contributed by atoms with E-state index in [4.69, 9.17) is 0 Å². The van der Waals surface area contributed by atoms with Gasteiger partial charge < -0.3 is 10.6 Å². The lowest BCUT2D eigenvalue weighted by Crippen LogP contribution is -2.32. The van der Waals surface area contributed by atoms with Gasteiger partial charge in [0.15, 0.2) is 0 Å². The second kappa shape index (κ2) is 8.24. The summed E-state index contributed by atoms with van der Waals surface area (Å²) in [6.07, 6.45) is 0. The Balaban J connectivity index is 1.90. The van der Waals surface area contributed by atoms with Crippen LogP contribution in [-0.4, -0.2) is 32.8 Å². The molecule has 0 aliphatic rings. The Kier molecular flexibility index (Phi) is 6.29. The number of rotatable bonds is 7. The maximum Gasteiger partial charge on any atom is 0.261 e. The number of hydrogen-bond acceptors (Lipinski definition) is 5. The first-order chi connectivity index (χ1) is 11.8. The minimum Gasteiger partial charge on any atom is -0.342 e. The average Bonchev–Trinajstić information content (AvgIpc) is 3.06. The molecule has 1 aromatic heterocycles. The number of thiophene rings is 1. The van der Waals surface area contributed by atoms with Crippen LogP contribution in [0.15, 0.2) is 46.7 Å². The number of amides is 2. The molecule has 0 saturated carbocycles. The molecule has 25 heavy (non-hydrogen) atoms. The minimum atomic E-state index is -3.57. The largest absolute Gasteiger partial charge is 0.342 e. The Hall–Kier alpha value is -2.23. The van der Waals surface area contributed by atoms with E-state index in [0.717, 1.165) is 0 Å². The van der Waals surface area contributed by atoms with E-state index in [1.54, 1.807) is 31.4 Å². The Morgan fingerprint density at radius 3 is 2.36 bits per heavy atom. The highest BCUT2D eigenvalue weighted by molar-refractivity contribution is 7.89. The van der Waals surface area contributed by atoms with Gasteiger partial charge in [0, 0.05) is 11.7 Å². The van der Waals surface area contributed by atoms with Gasteiger partial charge in [-0.05, 0) is 49.6 Å². The molecule has 1 aromatic carbocycles. The Morgan fingerprint density at radius 1 is 1.12 bits per heavy atom. The van der Waals surface area contributed by atoms with E-state index in [9.17, 15) is 18.0 Å². The number of hydrogen-bond donors (Lipinski definition) is 3. The quantitative estimate of drug-likeness (QED) is 0.680. The summed E-state index contributed by atoms with van der Waals surface area (Å²) in [5.74, 6) is -0.716. The number of benzene rings is 1. The number of nitrogens with one attached hydrogen (secondary N) is 3. The van der Waals surface area contributed by atoms with Crippen LogP contribution in [0.5, 0.6) is 0 Å². The first-order valence-electron chi connectivity index (χ1n) is 7.52. The van der Waals surface area contributed by atoms with E-state index in [-0.39, 0.29) is 23.4 Å². The van der Waals surface area contributed by atoms with E-state index >= 15 is 0 Å². The zero-order valence-corrected chi connectivity index (χ0v) is 15.4. The van der Waals surface area contributed by atoms with Crippen LogP contribution < -0.4 is 15.4 Å². The minimum absolute atomic E-state index is 0.116. The number of anilines is 1. The van der Waals surface area contributed by atoms with Crippen LogP contribution in [-0.2, 0) is 14.8 Å². The van der Waals surface area contributed by atoms with Crippen molar-refractivity contribution in [2.45, 2.75) is 24.8 Å². The van der Waals surface area contributed by atoms with Crippen molar-refractivity contribution in [3.63, 3.8) is 0 Å². The van der Waals surface area contributed by atoms with E-state index in [0.29, 0.717) is 10.6 Å². The second-order valence-electron chi connectivity index (χ2n) is 5.51. The molecule has 134 valence electrons. The highest BCUT2D eigenvalue weighted by Gasteiger charge is 2.15. The smallest absolute Gasteiger partial charge is 0.261 e. The Labute approximate surface area is 150 Å². The molecule has 0 spiro atoms. The average molecular weight is 381 g/mol. The SMILES string of the molecule is CC(C)NS(=O)(=O)c1ccc(NC(=O)CNC(=O)c2cccs2)cc1. The lowest BCUT2D eigenvalue weighted by Gasteiger charge is -2.10. The highest BCUT2D eigenvalue weighted by atomic mass is 32.2. The molecule has 7 nitrogen and oxygen atoms in total. The van der Waals surface area contributed by atoms with Gasteiger partial charge in [0.1, 0.15) is 0 Å². The van der Waals surface area contributed by atoms with Gasteiger partial charge >= 0.3 is 0 Å². The molecule has 0 bridgehead atoms. The first kappa shape index (κ1) is 19.1. The van der Waals surface area contributed by atoms with Crippen LogP contribution >= 0.6 is 11.3 Å². The third kappa shape index (κ3) is 5.66. The number of sulfonamides is 1. The molecule has 0 aliphatic heterocycles. The predicted octanol–water partition coefficient (Wildman–Crippen LogP) is 1.80. The van der Waals surface area contributed by atoms with Crippen molar-refractivity contribution in [3.8, 4) is 0 Å². The van der Waals surface area contributed by atoms with Crippen molar-refractivity contribution >= 4 is 38.9 Å². The van der Waals surface area contributed by atoms with E-state index in [1.165, 1.54) is 35.6 Å². The van der Waals surface area contributed by atoms with E-state index in [2.05, 4.69) is 15.4 Å². The fourth-order valence-electron chi connectivity index (χ4n) is 1.96. The molecule has 3 N–H and O–H groups in total. The van der Waals surface area contributed by atoms with Crippen molar-refractivity contribution in [1.29, 1.82) is 0 Å². The Bertz CT molecular complexity index is 829. The molecular formula is C16H19N3O4S2. The molecule has 0 atom stereocenters. The standard InChI is InChI=1S/C16H19N3O4S2/c1-11(2)19-25(22,23)13-7-5-12(6-8-13)18-15(20)10-17-16(21)14-4-3-9-24-14/h3-9,11,19H,10H2,1-2H3,(H,17,21)(H,18,20). The molecule has 2 aromatic rings. The molecule has 0 fully saturated rings. The van der Waals surface area contributed by atoms with Crippen molar-refractivity contribution in [2.75, 3.05) is 11.9 Å². The maximum absolute atomic E-state index is 12.0. The fourth-order valence-corrected chi connectivity index (χ4v) is 3.85.